The number of aliphatic carboxylic acids is 1. The Hall–Kier alpha value is -1.14. The highest BCUT2D eigenvalue weighted by atomic mass is 16.5. The molecule has 1 fully saturated rings. The highest BCUT2D eigenvalue weighted by molar-refractivity contribution is 5.81. The molecule has 1 aliphatic heterocycles. The predicted octanol–water partition coefficient (Wildman–Crippen LogP) is 0.596. The molecule has 19 heavy (non-hydrogen) atoms. The molecule has 0 unspecified atom stereocenters. The van der Waals surface area contributed by atoms with Crippen LogP contribution in [0.3, 0.4) is 0 Å². The summed E-state index contributed by atoms with van der Waals surface area (Å²) in [4.78, 5) is 24.1. The maximum absolute atomic E-state index is 12.0. The summed E-state index contributed by atoms with van der Waals surface area (Å²) < 4.78 is 5.48. The number of ether oxygens (including phenoxy) is 1. The van der Waals surface area contributed by atoms with Crippen LogP contribution in [0.2, 0.25) is 0 Å². The van der Waals surface area contributed by atoms with E-state index >= 15 is 0 Å². The Morgan fingerprint density at radius 3 is 2.58 bits per heavy atom. The van der Waals surface area contributed by atoms with Gasteiger partial charge in [0.2, 0.25) is 5.91 Å². The number of amides is 1. The van der Waals surface area contributed by atoms with Crippen molar-refractivity contribution in [3.05, 3.63) is 0 Å². The van der Waals surface area contributed by atoms with Crippen LogP contribution < -0.4 is 5.73 Å². The number of nitrogens with two attached hydrogens (primary N) is 1. The number of carbonyl (C=O) groups excluding carboxylic acids is 1. The molecule has 1 saturated heterocycles. The molecular weight excluding hydrogens is 248 g/mol. The molecule has 1 rings (SSSR count). The molecule has 0 aromatic rings. The summed E-state index contributed by atoms with van der Waals surface area (Å²) in [7, 11) is 0. The summed E-state index contributed by atoms with van der Waals surface area (Å²) in [6.45, 7) is 3.54. The van der Waals surface area contributed by atoms with Gasteiger partial charge in [0.15, 0.2) is 0 Å². The predicted molar refractivity (Wildman–Crippen MR) is 70.7 cm³/mol. The van der Waals surface area contributed by atoms with Gasteiger partial charge in [0.25, 0.3) is 0 Å². The van der Waals surface area contributed by atoms with E-state index in [0.29, 0.717) is 19.5 Å². The third kappa shape index (κ3) is 5.57. The second-order valence-corrected chi connectivity index (χ2v) is 4.93. The van der Waals surface area contributed by atoms with Crippen molar-refractivity contribution in [2.75, 3.05) is 19.7 Å². The SMILES string of the molecule is CCC[C@H](N)C(=O)N1CCC(OCCC(=O)O)CC1. The van der Waals surface area contributed by atoms with E-state index in [-0.39, 0.29) is 25.0 Å². The Bertz CT molecular complexity index is 301. The number of likely N-dealkylation sites (tertiary alicyclic amines) is 1. The second kappa shape index (κ2) is 8.12. The smallest absolute Gasteiger partial charge is 0.305 e. The van der Waals surface area contributed by atoms with E-state index in [1.807, 2.05) is 6.92 Å². The monoisotopic (exact) mass is 272 g/mol. The lowest BCUT2D eigenvalue weighted by Gasteiger charge is -2.33. The summed E-state index contributed by atoms with van der Waals surface area (Å²) in [5, 5.41) is 8.52. The van der Waals surface area contributed by atoms with E-state index in [2.05, 4.69) is 0 Å². The van der Waals surface area contributed by atoms with Crippen molar-refractivity contribution < 1.29 is 19.4 Å². The molecule has 0 aliphatic carbocycles. The zero-order valence-electron chi connectivity index (χ0n) is 11.5. The maximum atomic E-state index is 12.0. The van der Waals surface area contributed by atoms with Crippen LogP contribution in [0, 0.1) is 0 Å². The van der Waals surface area contributed by atoms with Gasteiger partial charge in [-0.1, -0.05) is 13.3 Å². The fraction of sp³-hybridized carbons (Fsp3) is 0.846. The van der Waals surface area contributed by atoms with Gasteiger partial charge in [0.05, 0.1) is 25.2 Å². The average molecular weight is 272 g/mol. The molecule has 0 aromatic carbocycles. The maximum Gasteiger partial charge on any atom is 0.305 e. The van der Waals surface area contributed by atoms with E-state index in [0.717, 1.165) is 19.3 Å². The van der Waals surface area contributed by atoms with Gasteiger partial charge in [-0.25, -0.2) is 0 Å². The Kier molecular flexibility index (Phi) is 6.80. The molecule has 1 atom stereocenters. The normalized spacial score (nSPS) is 18.3. The Morgan fingerprint density at radius 2 is 2.05 bits per heavy atom. The lowest BCUT2D eigenvalue weighted by Crippen LogP contribution is -2.48. The second-order valence-electron chi connectivity index (χ2n) is 4.93. The highest BCUT2D eigenvalue weighted by Gasteiger charge is 2.26. The molecular formula is C13H24N2O4. The van der Waals surface area contributed by atoms with Crippen LogP contribution in [0.5, 0.6) is 0 Å². The van der Waals surface area contributed by atoms with Gasteiger partial charge in [0.1, 0.15) is 0 Å². The van der Waals surface area contributed by atoms with E-state index in [9.17, 15) is 9.59 Å². The molecule has 110 valence electrons. The van der Waals surface area contributed by atoms with E-state index in [1.165, 1.54) is 0 Å². The van der Waals surface area contributed by atoms with Crippen molar-refractivity contribution in [2.45, 2.75) is 51.2 Å². The van der Waals surface area contributed by atoms with E-state index < -0.39 is 12.0 Å². The Balaban J connectivity index is 2.24. The van der Waals surface area contributed by atoms with Gasteiger partial charge < -0.3 is 20.5 Å². The zero-order valence-corrected chi connectivity index (χ0v) is 11.5. The fourth-order valence-corrected chi connectivity index (χ4v) is 2.22. The van der Waals surface area contributed by atoms with Crippen LogP contribution in [0.4, 0.5) is 0 Å². The van der Waals surface area contributed by atoms with Crippen LogP contribution >= 0.6 is 0 Å². The lowest BCUT2D eigenvalue weighted by atomic mass is 10.1. The number of piperidine rings is 1. The van der Waals surface area contributed by atoms with Gasteiger partial charge in [0, 0.05) is 13.1 Å². The first-order valence-electron chi connectivity index (χ1n) is 6.92. The Labute approximate surface area is 113 Å². The quantitative estimate of drug-likeness (QED) is 0.708. The third-order valence-electron chi connectivity index (χ3n) is 3.34. The molecule has 0 spiro atoms. The molecule has 1 amide bonds. The summed E-state index contributed by atoms with van der Waals surface area (Å²) in [6, 6.07) is -0.394. The van der Waals surface area contributed by atoms with Crippen molar-refractivity contribution in [3.8, 4) is 0 Å². The number of carbonyl (C=O) groups is 2. The Morgan fingerprint density at radius 1 is 1.42 bits per heavy atom. The largest absolute Gasteiger partial charge is 0.481 e. The van der Waals surface area contributed by atoms with Gasteiger partial charge >= 0.3 is 5.97 Å². The molecule has 6 heteroatoms. The van der Waals surface area contributed by atoms with Crippen molar-refractivity contribution in [2.24, 2.45) is 5.73 Å². The van der Waals surface area contributed by atoms with Crippen LogP contribution in [0.1, 0.15) is 39.0 Å². The zero-order chi connectivity index (χ0) is 14.3. The third-order valence-corrected chi connectivity index (χ3v) is 3.34. The van der Waals surface area contributed by atoms with Crippen molar-refractivity contribution >= 4 is 11.9 Å². The summed E-state index contributed by atoms with van der Waals surface area (Å²) in [6.07, 6.45) is 3.22. The van der Waals surface area contributed by atoms with Crippen molar-refractivity contribution in [1.29, 1.82) is 0 Å². The molecule has 1 heterocycles. The molecule has 6 nitrogen and oxygen atoms in total. The van der Waals surface area contributed by atoms with Gasteiger partial charge in [-0.3, -0.25) is 9.59 Å². The van der Waals surface area contributed by atoms with Gasteiger partial charge in [-0.2, -0.15) is 0 Å². The fourth-order valence-electron chi connectivity index (χ4n) is 2.22. The van der Waals surface area contributed by atoms with Crippen LogP contribution in [0.15, 0.2) is 0 Å². The highest BCUT2D eigenvalue weighted by Crippen LogP contribution is 2.15. The van der Waals surface area contributed by atoms with Crippen LogP contribution in [0.25, 0.3) is 0 Å². The minimum atomic E-state index is -0.849. The summed E-state index contributed by atoms with van der Waals surface area (Å²) in [5.41, 5.74) is 5.82. The number of nitrogens with zero attached hydrogens (tertiary/aromatic N) is 1. The summed E-state index contributed by atoms with van der Waals surface area (Å²) in [5.74, 6) is -0.830. The van der Waals surface area contributed by atoms with E-state index in [1.54, 1.807) is 4.90 Å². The standard InChI is InChI=1S/C13H24N2O4/c1-2-3-11(14)13(18)15-7-4-10(5-8-15)19-9-6-12(16)17/h10-11H,2-9,14H2,1H3,(H,16,17)/t11-/m0/s1. The lowest BCUT2D eigenvalue weighted by molar-refractivity contribution is -0.139. The van der Waals surface area contributed by atoms with E-state index in [4.69, 9.17) is 15.6 Å². The number of carboxylic acid groups (broad SMARTS) is 1. The molecule has 1 aliphatic rings. The number of rotatable bonds is 7. The number of carboxylic acids is 1. The first-order chi connectivity index (χ1) is 9.04. The molecule has 0 saturated carbocycles. The summed E-state index contributed by atoms with van der Waals surface area (Å²) >= 11 is 0. The van der Waals surface area contributed by atoms with Gasteiger partial charge in [-0.15, -0.1) is 0 Å². The molecule has 0 radical (unpaired) electrons. The number of hydrogen-bond acceptors (Lipinski definition) is 4. The van der Waals surface area contributed by atoms with Crippen LogP contribution in [-0.2, 0) is 14.3 Å². The molecule has 3 N–H and O–H groups in total. The minimum Gasteiger partial charge on any atom is -0.481 e. The van der Waals surface area contributed by atoms with Crippen molar-refractivity contribution in [3.63, 3.8) is 0 Å². The van der Waals surface area contributed by atoms with Gasteiger partial charge in [-0.05, 0) is 19.3 Å². The molecule has 0 bridgehead atoms. The average Bonchev–Trinajstić information content (AvgIpc) is 2.38. The first-order valence-corrected chi connectivity index (χ1v) is 6.92. The first kappa shape index (κ1) is 15.9. The minimum absolute atomic E-state index is 0.0193. The number of hydrogen-bond donors (Lipinski definition) is 2. The van der Waals surface area contributed by atoms with Crippen molar-refractivity contribution in [1.82, 2.24) is 4.90 Å². The topological polar surface area (TPSA) is 92.9 Å². The van der Waals surface area contributed by atoms with Crippen LogP contribution in [-0.4, -0.2) is 53.7 Å². The molecule has 0 aromatic heterocycles.